The molecule has 158 valence electrons. The Morgan fingerprint density at radius 3 is 2.67 bits per heavy atom. The lowest BCUT2D eigenvalue weighted by molar-refractivity contribution is 0.0655. The summed E-state index contributed by atoms with van der Waals surface area (Å²) < 4.78 is 28.1. The molecule has 2 aliphatic rings. The first-order valence-corrected chi connectivity index (χ1v) is 9.09. The van der Waals surface area contributed by atoms with E-state index in [-0.39, 0.29) is 30.0 Å². The second-order valence-corrected chi connectivity index (χ2v) is 7.20. The minimum atomic E-state index is -1.28. The molecule has 11 heteroatoms. The van der Waals surface area contributed by atoms with Gasteiger partial charge in [-0.15, -0.1) is 0 Å². The fraction of sp³-hybridized carbons (Fsp3) is 0.316. The zero-order chi connectivity index (χ0) is 21.9. The topological polar surface area (TPSA) is 115 Å². The molecule has 0 saturated carbocycles. The number of nitrogens with one attached hydrogen (secondary N) is 1. The lowest BCUT2D eigenvalue weighted by Gasteiger charge is -2.41. The van der Waals surface area contributed by atoms with Crippen molar-refractivity contribution in [1.29, 1.82) is 0 Å². The second kappa shape index (κ2) is 6.80. The van der Waals surface area contributed by atoms with Crippen molar-refractivity contribution in [2.75, 3.05) is 18.6 Å². The molecule has 9 nitrogen and oxygen atoms in total. The van der Waals surface area contributed by atoms with E-state index in [0.717, 1.165) is 12.1 Å². The average molecular weight is 420 g/mol. The number of amides is 2. The van der Waals surface area contributed by atoms with E-state index in [1.54, 1.807) is 11.9 Å². The number of aliphatic hydroxyl groups is 1. The van der Waals surface area contributed by atoms with Crippen LogP contribution in [0.25, 0.3) is 0 Å². The summed E-state index contributed by atoms with van der Waals surface area (Å²) in [5.74, 6) is -4.17. The molecule has 1 aromatic carbocycles. The number of hydrogen-bond acceptors (Lipinski definition) is 6. The van der Waals surface area contributed by atoms with Crippen molar-refractivity contribution < 1.29 is 28.6 Å². The molecule has 2 aliphatic heterocycles. The van der Waals surface area contributed by atoms with E-state index in [9.17, 15) is 33.4 Å². The summed E-state index contributed by atoms with van der Waals surface area (Å²) in [5, 5.41) is 24.8. The smallest absolute Gasteiger partial charge is 0.277 e. The first-order chi connectivity index (χ1) is 14.1. The number of pyridine rings is 1. The molecule has 1 aromatic heterocycles. The maximum absolute atomic E-state index is 13.8. The predicted octanol–water partition coefficient (Wildman–Crippen LogP) is 0.179. The van der Waals surface area contributed by atoms with Gasteiger partial charge in [-0.2, -0.15) is 0 Å². The Bertz CT molecular complexity index is 1150. The molecular formula is C19H18F2N4O5. The minimum absolute atomic E-state index is 0.0124. The van der Waals surface area contributed by atoms with Crippen molar-refractivity contribution in [2.45, 2.75) is 25.7 Å². The third-order valence-electron chi connectivity index (χ3n) is 5.49. The van der Waals surface area contributed by atoms with Crippen LogP contribution in [-0.4, -0.2) is 51.4 Å². The Balaban J connectivity index is 1.78. The van der Waals surface area contributed by atoms with Crippen molar-refractivity contribution in [1.82, 2.24) is 14.9 Å². The lowest BCUT2D eigenvalue weighted by atomic mass is 10.1. The van der Waals surface area contributed by atoms with Crippen molar-refractivity contribution in [2.24, 2.45) is 0 Å². The number of nitrogens with zero attached hydrogens (tertiary/aromatic N) is 3. The molecule has 2 amide bonds. The first kappa shape index (κ1) is 19.8. The van der Waals surface area contributed by atoms with E-state index in [0.29, 0.717) is 6.07 Å². The highest BCUT2D eigenvalue weighted by molar-refractivity contribution is 6.00. The van der Waals surface area contributed by atoms with Gasteiger partial charge in [-0.25, -0.2) is 13.5 Å². The van der Waals surface area contributed by atoms with Gasteiger partial charge in [-0.05, 0) is 13.0 Å². The van der Waals surface area contributed by atoms with Crippen LogP contribution in [0.4, 0.5) is 8.78 Å². The molecule has 0 spiro atoms. The number of carbonyl (C=O) groups excluding carboxylic acids is 2. The van der Waals surface area contributed by atoms with Crippen molar-refractivity contribution in [3.8, 4) is 5.75 Å². The number of rotatable bonds is 3. The number of aliphatic hydroxyl groups excluding tert-OH is 1. The number of carbonyl (C=O) groups is 2. The Kier molecular flexibility index (Phi) is 4.49. The normalized spacial score (nSPS) is 19.8. The summed E-state index contributed by atoms with van der Waals surface area (Å²) in [6, 6.07) is 2.83. The first-order valence-electron chi connectivity index (χ1n) is 9.09. The van der Waals surface area contributed by atoms with E-state index in [1.807, 2.05) is 0 Å². The maximum Gasteiger partial charge on any atom is 0.277 e. The SMILES string of the molecule is CC1N(C)C(=O)c2c(O)c(=O)c(C(=O)NCc3ccc(F)cc3F)c3n2N1CC3O. The number of aromatic hydroxyl groups is 1. The Morgan fingerprint density at radius 2 is 2.00 bits per heavy atom. The van der Waals surface area contributed by atoms with Crippen molar-refractivity contribution >= 4 is 11.8 Å². The molecule has 2 atom stereocenters. The third kappa shape index (κ3) is 2.73. The van der Waals surface area contributed by atoms with Gasteiger partial charge in [0.15, 0.2) is 11.4 Å². The highest BCUT2D eigenvalue weighted by atomic mass is 19.1. The van der Waals surface area contributed by atoms with Crippen LogP contribution in [-0.2, 0) is 6.54 Å². The number of benzene rings is 1. The predicted molar refractivity (Wildman–Crippen MR) is 99.5 cm³/mol. The van der Waals surface area contributed by atoms with Crippen molar-refractivity contribution in [3.63, 3.8) is 0 Å². The summed E-state index contributed by atoms with van der Waals surface area (Å²) in [6.07, 6.45) is -1.78. The highest BCUT2D eigenvalue weighted by Crippen LogP contribution is 2.34. The molecule has 0 aliphatic carbocycles. The van der Waals surface area contributed by atoms with Gasteiger partial charge in [-0.1, -0.05) is 6.07 Å². The maximum atomic E-state index is 13.8. The fourth-order valence-electron chi connectivity index (χ4n) is 3.79. The van der Waals surface area contributed by atoms with Gasteiger partial charge in [0.05, 0.1) is 12.2 Å². The van der Waals surface area contributed by atoms with Gasteiger partial charge in [0.2, 0.25) is 5.43 Å². The molecule has 3 heterocycles. The van der Waals surface area contributed by atoms with Crippen LogP contribution in [0.2, 0.25) is 0 Å². The van der Waals surface area contributed by atoms with E-state index < -0.39 is 52.5 Å². The summed E-state index contributed by atoms with van der Waals surface area (Å²) in [6.45, 7) is 1.32. The highest BCUT2D eigenvalue weighted by Gasteiger charge is 2.45. The van der Waals surface area contributed by atoms with Gasteiger partial charge >= 0.3 is 0 Å². The van der Waals surface area contributed by atoms with E-state index >= 15 is 0 Å². The molecular weight excluding hydrogens is 402 g/mol. The van der Waals surface area contributed by atoms with Crippen LogP contribution in [0.5, 0.6) is 5.75 Å². The summed E-state index contributed by atoms with van der Waals surface area (Å²) in [4.78, 5) is 39.4. The lowest BCUT2D eigenvalue weighted by Crippen LogP contribution is -2.57. The molecule has 0 bridgehead atoms. The molecule has 30 heavy (non-hydrogen) atoms. The molecule has 0 saturated heterocycles. The molecule has 0 radical (unpaired) electrons. The van der Waals surface area contributed by atoms with E-state index in [2.05, 4.69) is 5.32 Å². The van der Waals surface area contributed by atoms with Crippen LogP contribution in [0.15, 0.2) is 23.0 Å². The number of aromatic nitrogens is 1. The average Bonchev–Trinajstić information content (AvgIpc) is 3.02. The van der Waals surface area contributed by atoms with Crippen molar-refractivity contribution in [3.05, 3.63) is 62.6 Å². The number of hydrogen-bond donors (Lipinski definition) is 3. The minimum Gasteiger partial charge on any atom is -0.502 e. The standard InChI is InChI=1S/C19H18F2N4O5/c1-8-23(2)19(30)15-17(28)16(27)13(14-12(26)7-24(8)25(14)15)18(29)22-6-9-3-4-10(20)5-11(9)21/h3-5,8,12,26,28H,6-7H2,1-2H3,(H,22,29). The van der Waals surface area contributed by atoms with Crippen LogP contribution < -0.4 is 15.8 Å². The molecule has 0 fully saturated rings. The van der Waals surface area contributed by atoms with Crippen LogP contribution >= 0.6 is 0 Å². The molecule has 4 rings (SSSR count). The monoisotopic (exact) mass is 420 g/mol. The summed E-state index contributed by atoms with van der Waals surface area (Å²) in [7, 11) is 1.49. The second-order valence-electron chi connectivity index (χ2n) is 7.20. The van der Waals surface area contributed by atoms with Crippen LogP contribution in [0.3, 0.4) is 0 Å². The fourth-order valence-corrected chi connectivity index (χ4v) is 3.79. The van der Waals surface area contributed by atoms with Gasteiger partial charge < -0.3 is 20.4 Å². The molecule has 2 aromatic rings. The van der Waals surface area contributed by atoms with Gasteiger partial charge in [0.1, 0.15) is 29.5 Å². The Morgan fingerprint density at radius 1 is 1.30 bits per heavy atom. The van der Waals surface area contributed by atoms with Gasteiger partial charge in [0.25, 0.3) is 11.8 Å². The zero-order valence-corrected chi connectivity index (χ0v) is 16.0. The third-order valence-corrected chi connectivity index (χ3v) is 5.49. The quantitative estimate of drug-likeness (QED) is 0.653. The Hall–Kier alpha value is -3.47. The van der Waals surface area contributed by atoms with E-state index in [1.165, 1.54) is 16.6 Å². The molecule has 3 N–H and O–H groups in total. The summed E-state index contributed by atoms with van der Waals surface area (Å²) in [5.41, 5.74) is -2.15. The van der Waals surface area contributed by atoms with E-state index in [4.69, 9.17) is 0 Å². The Labute approximate surface area is 168 Å². The van der Waals surface area contributed by atoms with Gasteiger partial charge in [0, 0.05) is 25.2 Å². The number of halogens is 2. The molecule has 2 unspecified atom stereocenters. The van der Waals surface area contributed by atoms with Crippen LogP contribution in [0.1, 0.15) is 45.1 Å². The zero-order valence-electron chi connectivity index (χ0n) is 16.0. The van der Waals surface area contributed by atoms with Gasteiger partial charge in [-0.3, -0.25) is 19.4 Å². The largest absolute Gasteiger partial charge is 0.502 e. The van der Waals surface area contributed by atoms with Crippen LogP contribution in [0, 0.1) is 11.6 Å². The summed E-state index contributed by atoms with van der Waals surface area (Å²) >= 11 is 0.